The van der Waals surface area contributed by atoms with Crippen LogP contribution in [0.25, 0.3) is 0 Å². The second-order valence-electron chi connectivity index (χ2n) is 8.01. The first-order valence-electron chi connectivity index (χ1n) is 11.8. The maximum Gasteiger partial charge on any atom is 0.271 e. The minimum atomic E-state index is -0.300. The minimum absolute atomic E-state index is 0.136. The molecule has 3 N–H and O–H groups in total. The van der Waals surface area contributed by atoms with Gasteiger partial charge in [0.2, 0.25) is 5.91 Å². The molecule has 0 aliphatic carbocycles. The largest absolute Gasteiger partial charge is 0.497 e. The van der Waals surface area contributed by atoms with E-state index in [2.05, 4.69) is 26.4 Å². The Bertz CT molecular complexity index is 1230. The van der Waals surface area contributed by atoms with Gasteiger partial charge in [0, 0.05) is 24.2 Å². The van der Waals surface area contributed by atoms with Crippen molar-refractivity contribution in [2.24, 2.45) is 10.2 Å². The van der Waals surface area contributed by atoms with Crippen molar-refractivity contribution in [2.75, 3.05) is 26.1 Å². The van der Waals surface area contributed by atoms with E-state index in [0.29, 0.717) is 18.5 Å². The lowest BCUT2D eigenvalue weighted by molar-refractivity contribution is -0.121. The average molecular weight is 502 g/mol. The summed E-state index contributed by atoms with van der Waals surface area (Å²) in [6.45, 7) is 0.705. The summed E-state index contributed by atoms with van der Waals surface area (Å²) in [5.74, 6) is 1.01. The van der Waals surface area contributed by atoms with E-state index in [1.54, 1.807) is 38.8 Å². The van der Waals surface area contributed by atoms with Crippen LogP contribution in [0.15, 0.2) is 83.0 Å². The molecule has 37 heavy (non-hydrogen) atoms. The van der Waals surface area contributed by atoms with Crippen LogP contribution in [0.5, 0.6) is 11.5 Å². The third-order valence-corrected chi connectivity index (χ3v) is 5.28. The van der Waals surface area contributed by atoms with E-state index in [1.807, 2.05) is 60.7 Å². The van der Waals surface area contributed by atoms with Crippen molar-refractivity contribution in [1.82, 2.24) is 10.9 Å². The molecule has 0 unspecified atom stereocenters. The van der Waals surface area contributed by atoms with Gasteiger partial charge in [0.15, 0.2) is 0 Å². The number of hydrazone groups is 2. The van der Waals surface area contributed by atoms with E-state index >= 15 is 0 Å². The summed E-state index contributed by atoms with van der Waals surface area (Å²) in [6.07, 6.45) is 5.06. The zero-order valence-electron chi connectivity index (χ0n) is 20.9. The third-order valence-electron chi connectivity index (χ3n) is 5.28. The zero-order chi connectivity index (χ0) is 26.3. The van der Waals surface area contributed by atoms with E-state index in [4.69, 9.17) is 9.47 Å². The first kappa shape index (κ1) is 26.9. The Balaban J connectivity index is 1.31. The Morgan fingerprint density at radius 1 is 0.784 bits per heavy atom. The highest BCUT2D eigenvalue weighted by molar-refractivity contribution is 5.95. The minimum Gasteiger partial charge on any atom is -0.497 e. The van der Waals surface area contributed by atoms with Crippen molar-refractivity contribution in [3.63, 3.8) is 0 Å². The van der Waals surface area contributed by atoms with Gasteiger partial charge in [-0.1, -0.05) is 24.3 Å². The van der Waals surface area contributed by atoms with Gasteiger partial charge in [-0.15, -0.1) is 0 Å². The van der Waals surface area contributed by atoms with Crippen LogP contribution in [0.1, 0.15) is 40.7 Å². The molecule has 0 heterocycles. The number of hydrogen-bond donors (Lipinski definition) is 3. The molecule has 2 amide bonds. The highest BCUT2D eigenvalue weighted by atomic mass is 16.5. The zero-order valence-corrected chi connectivity index (χ0v) is 20.9. The number of carbonyl (C=O) groups is 2. The lowest BCUT2D eigenvalue weighted by Crippen LogP contribution is -2.17. The van der Waals surface area contributed by atoms with Gasteiger partial charge < -0.3 is 14.8 Å². The summed E-state index contributed by atoms with van der Waals surface area (Å²) in [7, 11) is 3.20. The maximum absolute atomic E-state index is 12.3. The number of carbonyl (C=O) groups excluding carboxylic acids is 2. The van der Waals surface area contributed by atoms with Gasteiger partial charge in [-0.2, -0.15) is 10.2 Å². The van der Waals surface area contributed by atoms with Crippen LogP contribution in [0.3, 0.4) is 0 Å². The summed E-state index contributed by atoms with van der Waals surface area (Å²) in [4.78, 5) is 24.2. The molecule has 0 saturated carbocycles. The first-order valence-corrected chi connectivity index (χ1v) is 11.8. The van der Waals surface area contributed by atoms with E-state index in [9.17, 15) is 9.59 Å². The molecular formula is C28H31N5O4. The Kier molecular flexibility index (Phi) is 10.7. The van der Waals surface area contributed by atoms with Crippen LogP contribution in [0.2, 0.25) is 0 Å². The van der Waals surface area contributed by atoms with Gasteiger partial charge in [-0.3, -0.25) is 9.59 Å². The average Bonchev–Trinajstić information content (AvgIpc) is 2.93. The predicted octanol–water partition coefficient (Wildman–Crippen LogP) is 4.20. The van der Waals surface area contributed by atoms with Crippen molar-refractivity contribution in [3.05, 3.63) is 89.5 Å². The molecular weight excluding hydrogens is 470 g/mol. The summed E-state index contributed by atoms with van der Waals surface area (Å²) < 4.78 is 10.3. The van der Waals surface area contributed by atoms with Crippen molar-refractivity contribution in [3.8, 4) is 11.5 Å². The van der Waals surface area contributed by atoms with Crippen molar-refractivity contribution in [1.29, 1.82) is 0 Å². The standard InChI is InChI=1S/C28H31N5O4/c1-36-25-9-5-7-21(17-25)19-30-32-27(34)11-3-4-16-29-24-14-12-23(13-15-24)28(35)33-31-20-22-8-6-10-26(18-22)37-2/h5-10,12-15,17-20,29H,3-4,11,16H2,1-2H3,(H,32,34)(H,33,35)/b30-19+,31-20+. The lowest BCUT2D eigenvalue weighted by atomic mass is 10.2. The van der Waals surface area contributed by atoms with Crippen molar-refractivity contribution >= 4 is 29.9 Å². The molecule has 0 spiro atoms. The van der Waals surface area contributed by atoms with Crippen LogP contribution < -0.4 is 25.6 Å². The van der Waals surface area contributed by atoms with E-state index in [-0.39, 0.29) is 11.8 Å². The maximum atomic E-state index is 12.3. The molecule has 3 rings (SSSR count). The number of benzene rings is 3. The van der Waals surface area contributed by atoms with Crippen LogP contribution in [0.4, 0.5) is 5.69 Å². The molecule has 3 aromatic rings. The molecule has 3 aromatic carbocycles. The fourth-order valence-corrected chi connectivity index (χ4v) is 3.29. The van der Waals surface area contributed by atoms with E-state index < -0.39 is 0 Å². The van der Waals surface area contributed by atoms with Crippen molar-refractivity contribution in [2.45, 2.75) is 19.3 Å². The summed E-state index contributed by atoms with van der Waals surface area (Å²) >= 11 is 0. The van der Waals surface area contributed by atoms with Crippen molar-refractivity contribution < 1.29 is 19.1 Å². The van der Waals surface area contributed by atoms with Gasteiger partial charge in [0.25, 0.3) is 5.91 Å². The lowest BCUT2D eigenvalue weighted by Gasteiger charge is -2.07. The number of methoxy groups -OCH3 is 2. The fourth-order valence-electron chi connectivity index (χ4n) is 3.29. The number of nitrogens with one attached hydrogen (secondary N) is 3. The van der Waals surface area contributed by atoms with Gasteiger partial charge in [0.05, 0.1) is 26.6 Å². The van der Waals surface area contributed by atoms with Gasteiger partial charge in [-0.05, 0) is 72.5 Å². The molecule has 0 aliphatic heterocycles. The first-order chi connectivity index (χ1) is 18.1. The summed E-state index contributed by atoms with van der Waals surface area (Å²) in [5, 5.41) is 11.3. The Labute approximate surface area is 216 Å². The molecule has 0 fully saturated rings. The fraction of sp³-hybridized carbons (Fsp3) is 0.214. The number of amides is 2. The number of rotatable bonds is 13. The second-order valence-corrected chi connectivity index (χ2v) is 8.01. The molecule has 0 aromatic heterocycles. The molecule has 0 aliphatic rings. The number of anilines is 1. The molecule has 0 radical (unpaired) electrons. The topological polar surface area (TPSA) is 113 Å². The second kappa shape index (κ2) is 14.7. The number of ether oxygens (including phenoxy) is 2. The number of unbranched alkanes of at least 4 members (excludes halogenated alkanes) is 1. The van der Waals surface area contributed by atoms with Gasteiger partial charge in [0.1, 0.15) is 11.5 Å². The highest BCUT2D eigenvalue weighted by Crippen LogP contribution is 2.12. The van der Waals surface area contributed by atoms with Crippen LogP contribution in [-0.4, -0.2) is 45.0 Å². The van der Waals surface area contributed by atoms with Crippen LogP contribution in [-0.2, 0) is 4.79 Å². The number of hydrogen-bond acceptors (Lipinski definition) is 7. The Morgan fingerprint density at radius 2 is 1.38 bits per heavy atom. The normalized spacial score (nSPS) is 10.9. The molecule has 0 atom stereocenters. The van der Waals surface area contributed by atoms with Crippen LogP contribution >= 0.6 is 0 Å². The van der Waals surface area contributed by atoms with E-state index in [1.165, 1.54) is 0 Å². The molecule has 9 nitrogen and oxygen atoms in total. The quantitative estimate of drug-likeness (QED) is 0.185. The van der Waals surface area contributed by atoms with Gasteiger partial charge in [-0.25, -0.2) is 10.9 Å². The van der Waals surface area contributed by atoms with Crippen LogP contribution in [0, 0.1) is 0 Å². The molecule has 0 saturated heterocycles. The Hall–Kier alpha value is -4.66. The summed E-state index contributed by atoms with van der Waals surface area (Å²) in [5.41, 5.74) is 8.11. The Morgan fingerprint density at radius 3 is 1.97 bits per heavy atom. The third kappa shape index (κ3) is 9.48. The smallest absolute Gasteiger partial charge is 0.271 e. The van der Waals surface area contributed by atoms with Gasteiger partial charge >= 0.3 is 0 Å². The van der Waals surface area contributed by atoms with E-state index in [0.717, 1.165) is 41.2 Å². The molecule has 192 valence electrons. The SMILES string of the molecule is COc1cccc(/C=N/NC(=O)CCCCNc2ccc(C(=O)N/N=C/c3cccc(OC)c3)cc2)c1. The molecule has 0 bridgehead atoms. The number of nitrogens with zero attached hydrogens (tertiary/aromatic N) is 2. The highest BCUT2D eigenvalue weighted by Gasteiger charge is 2.04. The predicted molar refractivity (Wildman–Crippen MR) is 146 cm³/mol. The molecule has 9 heteroatoms. The summed E-state index contributed by atoms with van der Waals surface area (Å²) in [6, 6.07) is 21.9. The monoisotopic (exact) mass is 501 g/mol.